The maximum Gasteiger partial charge on any atom is 0.208 e. The quantitative estimate of drug-likeness (QED) is 0.630. The minimum Gasteiger partial charge on any atom is -0.493 e. The molecule has 114 valence electrons. The molecule has 20 heavy (non-hydrogen) atoms. The second-order valence-corrected chi connectivity index (χ2v) is 6.02. The first-order valence-corrected chi connectivity index (χ1v) is 8.08. The van der Waals surface area contributed by atoms with Crippen LogP contribution in [0.5, 0.6) is 11.5 Å². The Balaban J connectivity index is 2.39. The molecule has 8 heteroatoms. The van der Waals surface area contributed by atoms with E-state index in [1.807, 2.05) is 0 Å². The van der Waals surface area contributed by atoms with Gasteiger partial charge in [0.05, 0.1) is 26.2 Å². The lowest BCUT2D eigenvalue weighted by atomic mass is 10.3. The summed E-state index contributed by atoms with van der Waals surface area (Å²) in [5.74, 6) is 1.25. The predicted molar refractivity (Wildman–Crippen MR) is 76.5 cm³/mol. The summed E-state index contributed by atoms with van der Waals surface area (Å²) in [6, 6.07) is 1.73. The third-order valence-corrected chi connectivity index (χ3v) is 3.28. The molecule has 1 aromatic rings. The van der Waals surface area contributed by atoms with Gasteiger partial charge < -0.3 is 14.8 Å². The second kappa shape index (κ2) is 8.03. The number of aromatic nitrogens is 1. The number of ether oxygens (including phenoxy) is 2. The molecule has 0 saturated carbocycles. The van der Waals surface area contributed by atoms with Gasteiger partial charge in [-0.3, -0.25) is 4.98 Å². The zero-order valence-corrected chi connectivity index (χ0v) is 12.8. The van der Waals surface area contributed by atoms with E-state index in [4.69, 9.17) is 9.47 Å². The smallest absolute Gasteiger partial charge is 0.208 e. The Kier molecular flexibility index (Phi) is 6.69. The van der Waals surface area contributed by atoms with Crippen LogP contribution in [0.1, 0.15) is 12.1 Å². The van der Waals surface area contributed by atoms with Crippen molar-refractivity contribution < 1.29 is 17.9 Å². The van der Waals surface area contributed by atoms with Gasteiger partial charge in [0.25, 0.3) is 0 Å². The second-order valence-electron chi connectivity index (χ2n) is 4.19. The van der Waals surface area contributed by atoms with Crippen molar-refractivity contribution in [2.24, 2.45) is 0 Å². The molecule has 0 aromatic carbocycles. The number of hydrogen-bond acceptors (Lipinski definition) is 6. The van der Waals surface area contributed by atoms with Gasteiger partial charge in [-0.05, 0) is 13.0 Å². The molecular formula is C12H21N3O4S. The Morgan fingerprint density at radius 2 is 2.00 bits per heavy atom. The van der Waals surface area contributed by atoms with Crippen LogP contribution >= 0.6 is 0 Å². The number of sulfonamides is 1. The fraction of sp³-hybridized carbons (Fsp3) is 0.583. The Morgan fingerprint density at radius 1 is 1.25 bits per heavy atom. The number of rotatable bonds is 9. The van der Waals surface area contributed by atoms with E-state index in [0.717, 1.165) is 11.9 Å². The first-order valence-electron chi connectivity index (χ1n) is 6.19. The van der Waals surface area contributed by atoms with Crippen LogP contribution in [-0.4, -0.2) is 47.0 Å². The SMILES string of the molecule is COc1ccnc(CNCCCNS(C)(=O)=O)c1OC. The maximum atomic E-state index is 10.9. The van der Waals surface area contributed by atoms with Crippen LogP contribution in [0, 0.1) is 0 Å². The minimum absolute atomic E-state index is 0.411. The molecule has 0 spiro atoms. The molecule has 0 bridgehead atoms. The third-order valence-electron chi connectivity index (χ3n) is 2.55. The summed E-state index contributed by atoms with van der Waals surface area (Å²) >= 11 is 0. The van der Waals surface area contributed by atoms with Crippen LogP contribution < -0.4 is 19.5 Å². The van der Waals surface area contributed by atoms with Crippen molar-refractivity contribution in [3.8, 4) is 11.5 Å². The highest BCUT2D eigenvalue weighted by Gasteiger charge is 2.10. The average molecular weight is 303 g/mol. The van der Waals surface area contributed by atoms with Gasteiger partial charge in [0.15, 0.2) is 11.5 Å². The van der Waals surface area contributed by atoms with Crippen molar-refractivity contribution in [1.29, 1.82) is 0 Å². The molecule has 0 unspecified atom stereocenters. The van der Waals surface area contributed by atoms with E-state index in [1.165, 1.54) is 0 Å². The van der Waals surface area contributed by atoms with Crippen molar-refractivity contribution in [3.63, 3.8) is 0 Å². The third kappa shape index (κ3) is 5.72. The number of methoxy groups -OCH3 is 2. The van der Waals surface area contributed by atoms with Gasteiger partial charge in [-0.1, -0.05) is 0 Å². The topological polar surface area (TPSA) is 89.5 Å². The minimum atomic E-state index is -3.11. The normalized spacial score (nSPS) is 11.3. The molecule has 1 aromatic heterocycles. The zero-order chi connectivity index (χ0) is 15.0. The average Bonchev–Trinajstić information content (AvgIpc) is 2.40. The molecule has 7 nitrogen and oxygen atoms in total. The van der Waals surface area contributed by atoms with Crippen molar-refractivity contribution in [2.75, 3.05) is 33.6 Å². The lowest BCUT2D eigenvalue weighted by Gasteiger charge is -2.12. The van der Waals surface area contributed by atoms with E-state index in [1.54, 1.807) is 26.5 Å². The maximum absolute atomic E-state index is 10.9. The van der Waals surface area contributed by atoms with Crippen molar-refractivity contribution in [2.45, 2.75) is 13.0 Å². The standard InChI is InChI=1S/C12H21N3O4S/c1-18-11-5-8-14-10(12(11)19-2)9-13-6-4-7-15-20(3,16)17/h5,8,13,15H,4,6-7,9H2,1-3H3. The highest BCUT2D eigenvalue weighted by molar-refractivity contribution is 7.88. The van der Waals surface area contributed by atoms with Crippen LogP contribution in [0.25, 0.3) is 0 Å². The van der Waals surface area contributed by atoms with Crippen LogP contribution in [-0.2, 0) is 16.6 Å². The summed E-state index contributed by atoms with van der Waals surface area (Å²) in [4.78, 5) is 4.24. The van der Waals surface area contributed by atoms with Crippen LogP contribution in [0.3, 0.4) is 0 Å². The lowest BCUT2D eigenvalue weighted by molar-refractivity contribution is 0.348. The molecule has 0 aliphatic heterocycles. The monoisotopic (exact) mass is 303 g/mol. The molecule has 0 amide bonds. The molecule has 2 N–H and O–H groups in total. The molecule has 0 radical (unpaired) electrons. The summed E-state index contributed by atoms with van der Waals surface area (Å²) in [6.07, 6.45) is 3.49. The van der Waals surface area contributed by atoms with Crippen LogP contribution in [0.15, 0.2) is 12.3 Å². The molecule has 1 rings (SSSR count). The summed E-state index contributed by atoms with van der Waals surface area (Å²) in [5, 5.41) is 3.18. The Hall–Kier alpha value is -1.38. The van der Waals surface area contributed by atoms with E-state index in [0.29, 0.717) is 37.6 Å². The van der Waals surface area contributed by atoms with E-state index in [-0.39, 0.29) is 0 Å². The van der Waals surface area contributed by atoms with Gasteiger partial charge in [0.2, 0.25) is 10.0 Å². The van der Waals surface area contributed by atoms with Gasteiger partial charge >= 0.3 is 0 Å². The molecule has 0 aliphatic carbocycles. The summed E-state index contributed by atoms with van der Waals surface area (Å²) < 4.78 is 34.6. The van der Waals surface area contributed by atoms with Gasteiger partial charge in [-0.2, -0.15) is 0 Å². The van der Waals surface area contributed by atoms with E-state index in [2.05, 4.69) is 15.0 Å². The number of nitrogens with zero attached hydrogens (tertiary/aromatic N) is 1. The largest absolute Gasteiger partial charge is 0.493 e. The number of nitrogens with one attached hydrogen (secondary N) is 2. The van der Waals surface area contributed by atoms with E-state index in [9.17, 15) is 8.42 Å². The van der Waals surface area contributed by atoms with Crippen molar-refractivity contribution in [3.05, 3.63) is 18.0 Å². The van der Waals surface area contributed by atoms with Crippen LogP contribution in [0.2, 0.25) is 0 Å². The number of hydrogen-bond donors (Lipinski definition) is 2. The van der Waals surface area contributed by atoms with Crippen LogP contribution in [0.4, 0.5) is 0 Å². The van der Waals surface area contributed by atoms with Crippen molar-refractivity contribution >= 4 is 10.0 Å². The van der Waals surface area contributed by atoms with Gasteiger partial charge in [0, 0.05) is 25.4 Å². The molecule has 0 saturated heterocycles. The van der Waals surface area contributed by atoms with E-state index < -0.39 is 10.0 Å². The molecule has 0 atom stereocenters. The fourth-order valence-corrected chi connectivity index (χ4v) is 2.17. The Morgan fingerprint density at radius 3 is 2.60 bits per heavy atom. The van der Waals surface area contributed by atoms with Crippen molar-refractivity contribution in [1.82, 2.24) is 15.0 Å². The first-order chi connectivity index (χ1) is 9.48. The summed E-state index contributed by atoms with van der Waals surface area (Å²) in [7, 11) is 0.0340. The predicted octanol–water partition coefficient (Wildman–Crippen LogP) is 0.128. The van der Waals surface area contributed by atoms with E-state index >= 15 is 0 Å². The molecule has 0 aliphatic rings. The molecule has 0 fully saturated rings. The summed E-state index contributed by atoms with van der Waals surface area (Å²) in [5.41, 5.74) is 0.753. The Bertz CT molecular complexity index is 519. The van der Waals surface area contributed by atoms with Gasteiger partial charge in [-0.25, -0.2) is 13.1 Å². The van der Waals surface area contributed by atoms with Gasteiger partial charge in [0.1, 0.15) is 0 Å². The highest BCUT2D eigenvalue weighted by Crippen LogP contribution is 2.28. The molecular weight excluding hydrogens is 282 g/mol. The first kappa shape index (κ1) is 16.7. The Labute approximate surface area is 119 Å². The zero-order valence-electron chi connectivity index (χ0n) is 12.0. The molecule has 1 heterocycles. The number of pyridine rings is 1. The fourth-order valence-electron chi connectivity index (χ4n) is 1.65. The van der Waals surface area contributed by atoms with Gasteiger partial charge in [-0.15, -0.1) is 0 Å². The lowest BCUT2D eigenvalue weighted by Crippen LogP contribution is -2.26. The highest BCUT2D eigenvalue weighted by atomic mass is 32.2. The summed E-state index contributed by atoms with van der Waals surface area (Å²) in [6.45, 7) is 1.61.